The number of nitrogen functional groups attached to an aromatic ring is 1. The first-order chi connectivity index (χ1) is 8.90. The lowest BCUT2D eigenvalue weighted by Crippen LogP contribution is -2.39. The number of hydrogen-bond acceptors (Lipinski definition) is 4. The van der Waals surface area contributed by atoms with E-state index in [4.69, 9.17) is 5.73 Å². The highest BCUT2D eigenvalue weighted by atomic mass is 32.2. The van der Waals surface area contributed by atoms with Gasteiger partial charge in [0.25, 0.3) is 0 Å². The maximum Gasteiger partial charge on any atom is 0.242 e. The van der Waals surface area contributed by atoms with E-state index in [1.54, 1.807) is 18.2 Å². The van der Waals surface area contributed by atoms with Crippen LogP contribution in [-0.2, 0) is 10.0 Å². The minimum Gasteiger partial charge on any atom is -0.398 e. The van der Waals surface area contributed by atoms with Crippen LogP contribution in [0.2, 0.25) is 0 Å². The van der Waals surface area contributed by atoms with Crippen LogP contribution < -0.4 is 10.5 Å². The number of nitrogens with one attached hydrogen (secondary N) is 1. The third-order valence-corrected chi connectivity index (χ3v) is 5.16. The summed E-state index contributed by atoms with van der Waals surface area (Å²) in [6.45, 7) is 4.02. The summed E-state index contributed by atoms with van der Waals surface area (Å²) in [6.07, 6.45) is 1.40. The molecule has 1 aromatic carbocycles. The van der Waals surface area contributed by atoms with E-state index in [0.29, 0.717) is 12.8 Å². The third kappa shape index (κ3) is 3.68. The molecule has 6 heteroatoms. The van der Waals surface area contributed by atoms with E-state index in [-0.39, 0.29) is 23.7 Å². The van der Waals surface area contributed by atoms with Crippen LogP contribution in [0.5, 0.6) is 0 Å². The Labute approximate surface area is 114 Å². The van der Waals surface area contributed by atoms with Gasteiger partial charge in [-0.3, -0.25) is 0 Å². The molecule has 0 heterocycles. The maximum atomic E-state index is 12.2. The third-order valence-electron chi connectivity index (χ3n) is 3.68. The van der Waals surface area contributed by atoms with Crippen LogP contribution in [0.4, 0.5) is 5.69 Å². The molecule has 0 aliphatic rings. The van der Waals surface area contributed by atoms with Crippen molar-refractivity contribution in [2.24, 2.45) is 5.41 Å². The van der Waals surface area contributed by atoms with Gasteiger partial charge in [-0.2, -0.15) is 0 Å². The summed E-state index contributed by atoms with van der Waals surface area (Å²) >= 11 is 0. The van der Waals surface area contributed by atoms with E-state index in [0.717, 1.165) is 0 Å². The van der Waals surface area contributed by atoms with Gasteiger partial charge in [0.1, 0.15) is 4.90 Å². The van der Waals surface area contributed by atoms with E-state index in [2.05, 4.69) is 4.72 Å². The van der Waals surface area contributed by atoms with Gasteiger partial charge in [0.15, 0.2) is 0 Å². The fourth-order valence-electron chi connectivity index (χ4n) is 1.83. The van der Waals surface area contributed by atoms with E-state index >= 15 is 0 Å². The number of benzene rings is 1. The molecule has 1 aromatic rings. The van der Waals surface area contributed by atoms with E-state index in [1.165, 1.54) is 6.07 Å². The Morgan fingerprint density at radius 3 is 2.32 bits per heavy atom. The summed E-state index contributed by atoms with van der Waals surface area (Å²) < 4.78 is 26.9. The van der Waals surface area contributed by atoms with Gasteiger partial charge in [0.2, 0.25) is 10.0 Å². The van der Waals surface area contributed by atoms with Crippen molar-refractivity contribution in [3.63, 3.8) is 0 Å². The van der Waals surface area contributed by atoms with Crippen molar-refractivity contribution in [3.8, 4) is 0 Å². The van der Waals surface area contributed by atoms with Crippen LogP contribution >= 0.6 is 0 Å². The standard InChI is InChI=1S/C13H22N2O3S/c1-3-13(4-2,10-16)9-15-19(17,18)12-8-6-5-7-11(12)14/h5-8,15-16H,3-4,9-10,14H2,1-2H3. The molecule has 0 aliphatic carbocycles. The van der Waals surface area contributed by atoms with Gasteiger partial charge >= 0.3 is 0 Å². The van der Waals surface area contributed by atoms with Gasteiger partial charge in [0.05, 0.1) is 5.69 Å². The van der Waals surface area contributed by atoms with Crippen molar-refractivity contribution in [2.45, 2.75) is 31.6 Å². The van der Waals surface area contributed by atoms with E-state index in [1.807, 2.05) is 13.8 Å². The number of aliphatic hydroxyl groups is 1. The fourth-order valence-corrected chi connectivity index (χ4v) is 3.12. The first kappa shape index (κ1) is 15.9. The summed E-state index contributed by atoms with van der Waals surface area (Å²) in [5.74, 6) is 0. The van der Waals surface area contributed by atoms with E-state index < -0.39 is 15.4 Å². The highest BCUT2D eigenvalue weighted by Crippen LogP contribution is 2.26. The van der Waals surface area contributed by atoms with Crippen LogP contribution in [0, 0.1) is 5.41 Å². The largest absolute Gasteiger partial charge is 0.398 e. The molecule has 0 atom stereocenters. The van der Waals surface area contributed by atoms with Gasteiger partial charge in [-0.15, -0.1) is 0 Å². The second-order valence-electron chi connectivity index (χ2n) is 4.73. The van der Waals surface area contributed by atoms with Crippen LogP contribution in [-0.4, -0.2) is 26.7 Å². The molecule has 19 heavy (non-hydrogen) atoms. The van der Waals surface area contributed by atoms with Crippen molar-refractivity contribution in [3.05, 3.63) is 24.3 Å². The molecule has 0 bridgehead atoms. The molecule has 108 valence electrons. The van der Waals surface area contributed by atoms with Crippen molar-refractivity contribution >= 4 is 15.7 Å². The van der Waals surface area contributed by atoms with Gasteiger partial charge in [-0.1, -0.05) is 26.0 Å². The van der Waals surface area contributed by atoms with Crippen LogP contribution in [0.15, 0.2) is 29.2 Å². The molecule has 0 saturated carbocycles. The van der Waals surface area contributed by atoms with Gasteiger partial charge in [-0.05, 0) is 25.0 Å². The molecule has 0 fully saturated rings. The Morgan fingerprint density at radius 1 is 1.26 bits per heavy atom. The lowest BCUT2D eigenvalue weighted by atomic mass is 9.84. The Kier molecular flexibility index (Phi) is 5.34. The number of aliphatic hydroxyl groups excluding tert-OH is 1. The second kappa shape index (κ2) is 6.36. The second-order valence-corrected chi connectivity index (χ2v) is 6.46. The molecule has 0 aliphatic heterocycles. The average molecular weight is 286 g/mol. The Morgan fingerprint density at radius 2 is 1.84 bits per heavy atom. The number of hydrogen-bond donors (Lipinski definition) is 3. The van der Waals surface area contributed by atoms with Crippen molar-refractivity contribution < 1.29 is 13.5 Å². The molecule has 0 spiro atoms. The smallest absolute Gasteiger partial charge is 0.242 e. The molecule has 1 rings (SSSR count). The summed E-state index contributed by atoms with van der Waals surface area (Å²) in [6, 6.07) is 6.33. The number of para-hydroxylation sites is 1. The summed E-state index contributed by atoms with van der Waals surface area (Å²) in [4.78, 5) is 0.0778. The van der Waals surface area contributed by atoms with Gasteiger partial charge < -0.3 is 10.8 Å². The van der Waals surface area contributed by atoms with Gasteiger partial charge in [-0.25, -0.2) is 13.1 Å². The molecule has 0 aromatic heterocycles. The van der Waals surface area contributed by atoms with Gasteiger partial charge in [0, 0.05) is 18.6 Å². The monoisotopic (exact) mass is 286 g/mol. The first-order valence-corrected chi connectivity index (χ1v) is 7.84. The topological polar surface area (TPSA) is 92.4 Å². The molecule has 5 nitrogen and oxygen atoms in total. The molecular formula is C13H22N2O3S. The Bertz CT molecular complexity index is 502. The molecule has 0 amide bonds. The highest BCUT2D eigenvalue weighted by molar-refractivity contribution is 7.89. The lowest BCUT2D eigenvalue weighted by Gasteiger charge is -2.29. The molecule has 0 saturated heterocycles. The zero-order valence-corrected chi connectivity index (χ0v) is 12.2. The number of anilines is 1. The van der Waals surface area contributed by atoms with Crippen LogP contribution in [0.1, 0.15) is 26.7 Å². The van der Waals surface area contributed by atoms with Crippen LogP contribution in [0.25, 0.3) is 0 Å². The zero-order valence-electron chi connectivity index (χ0n) is 11.4. The van der Waals surface area contributed by atoms with E-state index in [9.17, 15) is 13.5 Å². The maximum absolute atomic E-state index is 12.2. The predicted molar refractivity (Wildman–Crippen MR) is 76.1 cm³/mol. The predicted octanol–water partition coefficient (Wildman–Crippen LogP) is 1.35. The normalized spacial score (nSPS) is 12.6. The minimum atomic E-state index is -3.64. The van der Waals surface area contributed by atoms with Crippen LogP contribution in [0.3, 0.4) is 0 Å². The minimum absolute atomic E-state index is 0.0488. The number of rotatable bonds is 7. The van der Waals surface area contributed by atoms with Crippen molar-refractivity contribution in [1.29, 1.82) is 0 Å². The number of sulfonamides is 1. The molecule has 4 N–H and O–H groups in total. The Balaban J connectivity index is 2.90. The SMILES string of the molecule is CCC(CC)(CO)CNS(=O)(=O)c1ccccc1N. The van der Waals surface area contributed by atoms with Crippen molar-refractivity contribution in [1.82, 2.24) is 4.72 Å². The highest BCUT2D eigenvalue weighted by Gasteiger charge is 2.28. The quantitative estimate of drug-likeness (QED) is 0.660. The lowest BCUT2D eigenvalue weighted by molar-refractivity contribution is 0.119. The summed E-state index contributed by atoms with van der Waals surface area (Å²) in [5.41, 5.74) is 5.47. The Hall–Kier alpha value is -1.11. The van der Waals surface area contributed by atoms with Crippen molar-refractivity contribution in [2.75, 3.05) is 18.9 Å². The molecule has 0 radical (unpaired) electrons. The zero-order chi connectivity index (χ0) is 14.5. The number of nitrogens with two attached hydrogens (primary N) is 1. The fraction of sp³-hybridized carbons (Fsp3) is 0.538. The first-order valence-electron chi connectivity index (χ1n) is 6.36. The summed E-state index contributed by atoms with van der Waals surface area (Å²) in [5, 5.41) is 9.44. The average Bonchev–Trinajstić information content (AvgIpc) is 2.41. The summed E-state index contributed by atoms with van der Waals surface area (Å²) in [7, 11) is -3.64. The molecular weight excluding hydrogens is 264 g/mol. The molecule has 0 unspecified atom stereocenters.